The fourth-order valence-corrected chi connectivity index (χ4v) is 4.55. The minimum atomic E-state index is -2.99. The molecular weight excluding hydrogens is 352 g/mol. The van der Waals surface area contributed by atoms with Crippen molar-refractivity contribution in [1.29, 1.82) is 0 Å². The first-order chi connectivity index (χ1) is 11.8. The Morgan fingerprint density at radius 3 is 2.88 bits per heavy atom. The van der Waals surface area contributed by atoms with Crippen LogP contribution < -0.4 is 11.5 Å². The number of rotatable bonds is 5. The molecule has 2 aromatic heterocycles. The Bertz CT molecular complexity index is 846. The minimum absolute atomic E-state index is 0.254. The SMILES string of the molecule is C=C(N)c1c(N)sc2c1CCC(COC(F)F)(c1conc1C)C2=O. The highest BCUT2D eigenvalue weighted by molar-refractivity contribution is 7.18. The van der Waals surface area contributed by atoms with Crippen molar-refractivity contribution < 1.29 is 22.8 Å². The van der Waals surface area contributed by atoms with Crippen LogP contribution in [0.15, 0.2) is 17.4 Å². The smallest absolute Gasteiger partial charge is 0.345 e. The molecule has 0 aliphatic heterocycles. The van der Waals surface area contributed by atoms with Gasteiger partial charge in [0.25, 0.3) is 0 Å². The molecular formula is C16H17F2N3O3S. The summed E-state index contributed by atoms with van der Waals surface area (Å²) in [6.45, 7) is 1.89. The van der Waals surface area contributed by atoms with Crippen molar-refractivity contribution in [2.45, 2.75) is 31.8 Å². The second-order valence-electron chi connectivity index (χ2n) is 5.97. The Morgan fingerprint density at radius 1 is 1.60 bits per heavy atom. The maximum Gasteiger partial charge on any atom is 0.345 e. The fraction of sp³-hybridized carbons (Fsp3) is 0.375. The topological polar surface area (TPSA) is 104 Å². The number of aryl methyl sites for hydroxylation is 1. The van der Waals surface area contributed by atoms with Gasteiger partial charge in [-0.05, 0) is 25.3 Å². The molecule has 6 nitrogen and oxygen atoms in total. The second kappa shape index (κ2) is 6.23. The third-order valence-electron chi connectivity index (χ3n) is 4.52. The largest absolute Gasteiger partial charge is 0.399 e. The van der Waals surface area contributed by atoms with E-state index in [-0.39, 0.29) is 17.9 Å². The monoisotopic (exact) mass is 369 g/mol. The molecule has 9 heteroatoms. The number of ketones is 1. The van der Waals surface area contributed by atoms with E-state index in [1.54, 1.807) is 6.92 Å². The summed E-state index contributed by atoms with van der Waals surface area (Å²) in [7, 11) is 0. The lowest BCUT2D eigenvalue weighted by Gasteiger charge is -2.34. The zero-order chi connectivity index (χ0) is 18.4. The normalized spacial score (nSPS) is 20.1. The maximum atomic E-state index is 13.3. The van der Waals surface area contributed by atoms with E-state index in [1.165, 1.54) is 6.26 Å². The third-order valence-corrected chi connectivity index (χ3v) is 5.58. The molecule has 4 N–H and O–H groups in total. The first-order valence-corrected chi connectivity index (χ1v) is 8.31. The van der Waals surface area contributed by atoms with Gasteiger partial charge in [-0.25, -0.2) is 0 Å². The van der Waals surface area contributed by atoms with Gasteiger partial charge in [0.1, 0.15) is 6.26 Å². The number of halogens is 2. The first kappa shape index (κ1) is 17.6. The van der Waals surface area contributed by atoms with Crippen molar-refractivity contribution in [1.82, 2.24) is 5.16 Å². The molecule has 2 heterocycles. The number of carbonyl (C=O) groups excluding carboxylic acids is 1. The van der Waals surface area contributed by atoms with Crippen molar-refractivity contribution >= 4 is 27.8 Å². The predicted molar refractivity (Wildman–Crippen MR) is 89.5 cm³/mol. The third kappa shape index (κ3) is 2.73. The number of nitrogen functional groups attached to an aromatic ring is 1. The number of thiophene rings is 1. The van der Waals surface area contributed by atoms with Gasteiger partial charge in [-0.1, -0.05) is 11.7 Å². The van der Waals surface area contributed by atoms with E-state index in [1.807, 2.05) is 0 Å². The fourth-order valence-electron chi connectivity index (χ4n) is 3.36. The number of hydrogen-bond acceptors (Lipinski definition) is 7. The molecule has 0 aromatic carbocycles. The van der Waals surface area contributed by atoms with Crippen LogP contribution in [0, 0.1) is 6.92 Å². The molecule has 0 saturated carbocycles. The quantitative estimate of drug-likeness (QED) is 0.840. The molecule has 0 spiro atoms. The van der Waals surface area contributed by atoms with Gasteiger partial charge in [0.15, 0.2) is 5.78 Å². The van der Waals surface area contributed by atoms with Crippen LogP contribution in [-0.2, 0) is 16.6 Å². The Balaban J connectivity index is 2.12. The number of nitrogens with two attached hydrogens (primary N) is 2. The number of aromatic nitrogens is 1. The van der Waals surface area contributed by atoms with Crippen LogP contribution in [0.25, 0.3) is 5.70 Å². The van der Waals surface area contributed by atoms with Crippen molar-refractivity contribution in [3.8, 4) is 0 Å². The van der Waals surface area contributed by atoms with Crippen LogP contribution in [0.3, 0.4) is 0 Å². The Hall–Kier alpha value is -2.26. The summed E-state index contributed by atoms with van der Waals surface area (Å²) in [5, 5.41) is 4.17. The van der Waals surface area contributed by atoms with Gasteiger partial charge >= 0.3 is 6.61 Å². The van der Waals surface area contributed by atoms with E-state index in [4.69, 9.17) is 16.0 Å². The van der Waals surface area contributed by atoms with Crippen LogP contribution in [0.1, 0.15) is 38.5 Å². The van der Waals surface area contributed by atoms with Crippen molar-refractivity contribution in [3.63, 3.8) is 0 Å². The van der Waals surface area contributed by atoms with Crippen molar-refractivity contribution in [3.05, 3.63) is 40.1 Å². The molecule has 2 aromatic rings. The number of alkyl halides is 2. The Kier molecular flexibility index (Phi) is 4.38. The number of fused-ring (bicyclic) bond motifs is 1. The average molecular weight is 369 g/mol. The maximum absolute atomic E-state index is 13.3. The molecule has 25 heavy (non-hydrogen) atoms. The molecule has 0 radical (unpaired) electrons. The van der Waals surface area contributed by atoms with Gasteiger partial charge in [-0.15, -0.1) is 11.3 Å². The summed E-state index contributed by atoms with van der Waals surface area (Å²) in [4.78, 5) is 13.7. The van der Waals surface area contributed by atoms with Crippen molar-refractivity contribution in [2.24, 2.45) is 5.73 Å². The van der Waals surface area contributed by atoms with E-state index in [9.17, 15) is 13.6 Å². The van der Waals surface area contributed by atoms with E-state index in [2.05, 4.69) is 16.5 Å². The molecule has 1 aliphatic carbocycles. The first-order valence-electron chi connectivity index (χ1n) is 7.50. The number of carbonyl (C=O) groups is 1. The molecule has 0 amide bonds. The van der Waals surface area contributed by atoms with Gasteiger partial charge in [-0.3, -0.25) is 4.79 Å². The molecule has 134 valence electrons. The highest BCUT2D eigenvalue weighted by Crippen LogP contribution is 2.46. The summed E-state index contributed by atoms with van der Waals surface area (Å²) in [6.07, 6.45) is 1.99. The van der Waals surface area contributed by atoms with Crippen LogP contribution in [0.5, 0.6) is 0 Å². The van der Waals surface area contributed by atoms with Crippen LogP contribution >= 0.6 is 11.3 Å². The highest BCUT2D eigenvalue weighted by Gasteiger charge is 2.48. The number of hydrogen-bond donors (Lipinski definition) is 2. The second-order valence-corrected chi connectivity index (χ2v) is 7.02. The van der Waals surface area contributed by atoms with Crippen molar-refractivity contribution in [2.75, 3.05) is 12.3 Å². The summed E-state index contributed by atoms with van der Waals surface area (Å²) in [5.74, 6) is -0.343. The summed E-state index contributed by atoms with van der Waals surface area (Å²) in [6, 6.07) is 0. The van der Waals surface area contributed by atoms with Crippen LogP contribution in [-0.4, -0.2) is 24.2 Å². The predicted octanol–water partition coefficient (Wildman–Crippen LogP) is 2.86. The zero-order valence-corrected chi connectivity index (χ0v) is 14.3. The molecule has 0 bridgehead atoms. The number of Topliss-reactive ketones (excluding diaryl/α,β-unsaturated/α-hetero) is 1. The van der Waals surface area contributed by atoms with Crippen LogP contribution in [0.4, 0.5) is 13.8 Å². The molecule has 1 aliphatic rings. The Labute approximate surface area is 146 Å². The summed E-state index contributed by atoms with van der Waals surface area (Å²) >= 11 is 1.09. The van der Waals surface area contributed by atoms with Gasteiger partial charge in [0.05, 0.1) is 27.6 Å². The van der Waals surface area contributed by atoms with E-state index >= 15 is 0 Å². The number of nitrogens with zero attached hydrogens (tertiary/aromatic N) is 1. The van der Waals surface area contributed by atoms with Gasteiger partial charge in [0, 0.05) is 16.8 Å². The minimum Gasteiger partial charge on any atom is -0.399 e. The van der Waals surface area contributed by atoms with Gasteiger partial charge in [-0.2, -0.15) is 8.78 Å². The highest BCUT2D eigenvalue weighted by atomic mass is 32.1. The lowest BCUT2D eigenvalue weighted by Crippen LogP contribution is -2.44. The van der Waals surface area contributed by atoms with Crippen LogP contribution in [0.2, 0.25) is 0 Å². The molecule has 1 atom stereocenters. The van der Waals surface area contributed by atoms with E-state index in [0.717, 1.165) is 11.3 Å². The zero-order valence-electron chi connectivity index (χ0n) is 13.5. The number of ether oxygens (including phenoxy) is 1. The van der Waals surface area contributed by atoms with E-state index in [0.29, 0.717) is 38.7 Å². The Morgan fingerprint density at radius 2 is 2.32 bits per heavy atom. The van der Waals surface area contributed by atoms with E-state index < -0.39 is 18.6 Å². The lowest BCUT2D eigenvalue weighted by atomic mass is 9.69. The molecule has 0 saturated heterocycles. The molecule has 0 fully saturated rings. The van der Waals surface area contributed by atoms with Gasteiger partial charge < -0.3 is 20.7 Å². The lowest BCUT2D eigenvalue weighted by molar-refractivity contribution is -0.139. The summed E-state index contributed by atoms with van der Waals surface area (Å²) in [5.41, 5.74) is 12.9. The molecule has 1 unspecified atom stereocenters. The summed E-state index contributed by atoms with van der Waals surface area (Å²) < 4.78 is 34.8. The average Bonchev–Trinajstić information content (AvgIpc) is 3.10. The number of anilines is 1. The standard InChI is InChI=1S/C16H17F2N3O3S/c1-7(19)11-9-3-4-16(6-23-15(17)18,10-5-24-21-8(10)2)13(22)12(9)25-14(11)20/h5,15H,1,3-4,6,19-20H2,2H3. The molecule has 3 rings (SSSR count). The van der Waals surface area contributed by atoms with Gasteiger partial charge in [0.2, 0.25) is 0 Å².